The molecule has 0 amide bonds. The molecule has 0 atom stereocenters. The molecular formula is C22H15N3O5. The summed E-state index contributed by atoms with van der Waals surface area (Å²) < 4.78 is 11.0. The summed E-state index contributed by atoms with van der Waals surface area (Å²) in [5.41, 5.74) is 2.35. The quantitative estimate of drug-likeness (QED) is 0.262. The first-order valence-corrected chi connectivity index (χ1v) is 9.00. The van der Waals surface area contributed by atoms with Crippen molar-refractivity contribution in [2.75, 3.05) is 0 Å². The average molecular weight is 401 g/mol. The number of benzene rings is 3. The molecule has 3 aromatic carbocycles. The molecule has 0 aliphatic carbocycles. The van der Waals surface area contributed by atoms with Crippen LogP contribution in [0, 0.1) is 10.1 Å². The predicted molar refractivity (Wildman–Crippen MR) is 107 cm³/mol. The highest BCUT2D eigenvalue weighted by molar-refractivity contribution is 5.90. The number of esters is 1. The van der Waals surface area contributed by atoms with E-state index in [-0.39, 0.29) is 12.3 Å². The molecule has 0 fully saturated rings. The number of nitro benzene ring substituents is 1. The fourth-order valence-corrected chi connectivity index (χ4v) is 2.76. The van der Waals surface area contributed by atoms with E-state index in [0.29, 0.717) is 28.5 Å². The highest BCUT2D eigenvalue weighted by Gasteiger charge is 2.14. The summed E-state index contributed by atoms with van der Waals surface area (Å²) in [5, 5.41) is 18.8. The van der Waals surface area contributed by atoms with Gasteiger partial charge in [0.15, 0.2) is 0 Å². The number of ether oxygens (including phenoxy) is 1. The van der Waals surface area contributed by atoms with Gasteiger partial charge in [-0.1, -0.05) is 24.3 Å². The van der Waals surface area contributed by atoms with Crippen LogP contribution < -0.4 is 0 Å². The van der Waals surface area contributed by atoms with E-state index >= 15 is 0 Å². The van der Waals surface area contributed by atoms with Crippen molar-refractivity contribution in [3.8, 4) is 22.9 Å². The van der Waals surface area contributed by atoms with Crippen molar-refractivity contribution in [2.45, 2.75) is 6.61 Å². The first-order chi connectivity index (χ1) is 14.6. The first kappa shape index (κ1) is 19.0. The maximum Gasteiger partial charge on any atom is 0.338 e. The monoisotopic (exact) mass is 401 g/mol. The van der Waals surface area contributed by atoms with Crippen LogP contribution in [0.1, 0.15) is 15.9 Å². The molecule has 1 heterocycles. The Morgan fingerprint density at radius 2 is 1.57 bits per heavy atom. The molecule has 0 bridgehead atoms. The van der Waals surface area contributed by atoms with Gasteiger partial charge >= 0.3 is 5.97 Å². The van der Waals surface area contributed by atoms with Gasteiger partial charge in [0.2, 0.25) is 11.8 Å². The summed E-state index contributed by atoms with van der Waals surface area (Å²) in [4.78, 5) is 22.6. The molecular weight excluding hydrogens is 386 g/mol. The van der Waals surface area contributed by atoms with Gasteiger partial charge in [-0.05, 0) is 48.0 Å². The zero-order valence-corrected chi connectivity index (χ0v) is 15.6. The molecule has 1 aromatic heterocycles. The summed E-state index contributed by atoms with van der Waals surface area (Å²) in [6, 6.07) is 21.9. The largest absolute Gasteiger partial charge is 0.457 e. The summed E-state index contributed by atoms with van der Waals surface area (Å²) in [6.07, 6.45) is 0. The topological polar surface area (TPSA) is 108 Å². The van der Waals surface area contributed by atoms with Crippen LogP contribution in [0.15, 0.2) is 83.3 Å². The van der Waals surface area contributed by atoms with Gasteiger partial charge in [-0.25, -0.2) is 4.79 Å². The molecule has 8 nitrogen and oxygen atoms in total. The van der Waals surface area contributed by atoms with E-state index in [9.17, 15) is 14.9 Å². The van der Waals surface area contributed by atoms with E-state index in [1.165, 1.54) is 12.1 Å². The molecule has 148 valence electrons. The van der Waals surface area contributed by atoms with Crippen LogP contribution in [-0.2, 0) is 11.3 Å². The Bertz CT molecular complexity index is 1190. The van der Waals surface area contributed by atoms with Crippen molar-refractivity contribution in [1.29, 1.82) is 0 Å². The molecule has 0 saturated carbocycles. The third-order valence-corrected chi connectivity index (χ3v) is 4.31. The van der Waals surface area contributed by atoms with Gasteiger partial charge < -0.3 is 9.15 Å². The summed E-state index contributed by atoms with van der Waals surface area (Å²) >= 11 is 0. The van der Waals surface area contributed by atoms with Crippen LogP contribution in [0.3, 0.4) is 0 Å². The van der Waals surface area contributed by atoms with Gasteiger partial charge in [0.25, 0.3) is 5.69 Å². The number of nitro groups is 1. The van der Waals surface area contributed by atoms with Gasteiger partial charge in [0.1, 0.15) is 6.61 Å². The zero-order chi connectivity index (χ0) is 20.9. The van der Waals surface area contributed by atoms with Crippen LogP contribution in [0.4, 0.5) is 5.69 Å². The molecule has 30 heavy (non-hydrogen) atoms. The van der Waals surface area contributed by atoms with Crippen molar-refractivity contribution >= 4 is 11.7 Å². The Morgan fingerprint density at radius 3 is 2.27 bits per heavy atom. The van der Waals surface area contributed by atoms with E-state index in [1.54, 1.807) is 36.4 Å². The molecule has 8 heteroatoms. The maximum atomic E-state index is 12.4. The van der Waals surface area contributed by atoms with Crippen molar-refractivity contribution in [2.24, 2.45) is 0 Å². The lowest BCUT2D eigenvalue weighted by Crippen LogP contribution is -2.05. The van der Waals surface area contributed by atoms with E-state index < -0.39 is 10.9 Å². The SMILES string of the molecule is O=C(OCc1ccc([N+](=O)[O-])cc1)c1cccc(-c2nnc(-c3ccccc3)o2)c1. The zero-order valence-electron chi connectivity index (χ0n) is 15.6. The normalized spacial score (nSPS) is 10.5. The lowest BCUT2D eigenvalue weighted by atomic mass is 10.1. The molecule has 0 saturated heterocycles. The van der Waals surface area contributed by atoms with Crippen LogP contribution >= 0.6 is 0 Å². The summed E-state index contributed by atoms with van der Waals surface area (Å²) in [7, 11) is 0. The van der Waals surface area contributed by atoms with Gasteiger partial charge in [-0.3, -0.25) is 10.1 Å². The number of aromatic nitrogens is 2. The highest BCUT2D eigenvalue weighted by Crippen LogP contribution is 2.24. The Balaban J connectivity index is 1.46. The minimum Gasteiger partial charge on any atom is -0.457 e. The Labute approximate surface area is 170 Å². The van der Waals surface area contributed by atoms with Crippen molar-refractivity contribution in [1.82, 2.24) is 10.2 Å². The number of nitrogens with zero attached hydrogens (tertiary/aromatic N) is 3. The van der Waals surface area contributed by atoms with Crippen molar-refractivity contribution < 1.29 is 18.9 Å². The average Bonchev–Trinajstić information content (AvgIpc) is 3.29. The molecule has 4 aromatic rings. The van der Waals surface area contributed by atoms with Gasteiger partial charge in [-0.15, -0.1) is 10.2 Å². The van der Waals surface area contributed by atoms with Crippen molar-refractivity contribution in [3.63, 3.8) is 0 Å². The molecule has 4 rings (SSSR count). The smallest absolute Gasteiger partial charge is 0.338 e. The second kappa shape index (κ2) is 8.36. The third kappa shape index (κ3) is 4.22. The second-order valence-electron chi connectivity index (χ2n) is 6.36. The highest BCUT2D eigenvalue weighted by atomic mass is 16.6. The number of hydrogen-bond donors (Lipinski definition) is 0. The Hall–Kier alpha value is -4.33. The fourth-order valence-electron chi connectivity index (χ4n) is 2.76. The number of hydrogen-bond acceptors (Lipinski definition) is 7. The minimum atomic E-state index is -0.530. The lowest BCUT2D eigenvalue weighted by molar-refractivity contribution is -0.384. The summed E-state index contributed by atoms with van der Waals surface area (Å²) in [6.45, 7) is -0.000230. The van der Waals surface area contributed by atoms with E-state index in [0.717, 1.165) is 5.56 Å². The molecule has 0 spiro atoms. The van der Waals surface area contributed by atoms with Crippen LogP contribution in [0.2, 0.25) is 0 Å². The third-order valence-electron chi connectivity index (χ3n) is 4.31. The second-order valence-corrected chi connectivity index (χ2v) is 6.36. The van der Waals surface area contributed by atoms with E-state index in [4.69, 9.17) is 9.15 Å². The number of carbonyl (C=O) groups is 1. The lowest BCUT2D eigenvalue weighted by Gasteiger charge is -2.06. The van der Waals surface area contributed by atoms with E-state index in [2.05, 4.69) is 10.2 Å². The summed E-state index contributed by atoms with van der Waals surface area (Å²) in [5.74, 6) is 0.147. The van der Waals surface area contributed by atoms with Crippen LogP contribution in [0.5, 0.6) is 0 Å². The van der Waals surface area contributed by atoms with Gasteiger partial charge in [0.05, 0.1) is 10.5 Å². The molecule has 0 N–H and O–H groups in total. The number of carbonyl (C=O) groups excluding carboxylic acids is 1. The van der Waals surface area contributed by atoms with Gasteiger partial charge in [0, 0.05) is 23.3 Å². The van der Waals surface area contributed by atoms with Crippen LogP contribution in [-0.4, -0.2) is 21.1 Å². The predicted octanol–water partition coefficient (Wildman–Crippen LogP) is 4.67. The molecule has 0 aliphatic heterocycles. The minimum absolute atomic E-state index is 0.000230. The molecule has 0 unspecified atom stereocenters. The molecule has 0 radical (unpaired) electrons. The van der Waals surface area contributed by atoms with Crippen molar-refractivity contribution in [3.05, 3.63) is 100 Å². The molecule has 0 aliphatic rings. The standard InChI is InChI=1S/C22H15N3O5/c26-22(29-14-15-9-11-19(12-10-15)25(27)28)18-8-4-7-17(13-18)21-24-23-20(30-21)16-5-2-1-3-6-16/h1-13H,14H2. The van der Waals surface area contributed by atoms with E-state index in [1.807, 2.05) is 30.3 Å². The number of non-ortho nitro benzene ring substituents is 1. The van der Waals surface area contributed by atoms with Gasteiger partial charge in [-0.2, -0.15) is 0 Å². The Kier molecular flexibility index (Phi) is 5.29. The Morgan fingerprint density at radius 1 is 0.900 bits per heavy atom. The fraction of sp³-hybridized carbons (Fsp3) is 0.0455. The maximum absolute atomic E-state index is 12.4. The number of rotatable bonds is 6. The first-order valence-electron chi connectivity index (χ1n) is 9.00. The van der Waals surface area contributed by atoms with Crippen LogP contribution in [0.25, 0.3) is 22.9 Å².